The van der Waals surface area contributed by atoms with Gasteiger partial charge in [-0.1, -0.05) is 95.5 Å². The topological polar surface area (TPSA) is 0 Å². The third kappa shape index (κ3) is 3.69. The standard InChI is InChI=1S/C30H48P2/c1-17(2)21-13-28-22(18(3)4)14-27(21)31(28)25-11-9-10-12-26(25)32-29-16-24(20(7)8)30(32)15-23(29)19(5)6/h9-12,17-24,27-30H,13-16H2,1-8H3/t21-,22-,23-,24+,27?,28?,29?,30?,31?,32?/m0/s1. The minimum atomic E-state index is 0.0147. The van der Waals surface area contributed by atoms with Gasteiger partial charge >= 0.3 is 0 Å². The highest BCUT2D eigenvalue weighted by Gasteiger charge is 2.58. The van der Waals surface area contributed by atoms with Crippen LogP contribution in [0.1, 0.15) is 81.1 Å². The van der Waals surface area contributed by atoms with E-state index in [1.807, 2.05) is 10.6 Å². The van der Waals surface area contributed by atoms with Gasteiger partial charge in [0.2, 0.25) is 0 Å². The third-order valence-corrected chi connectivity index (χ3v) is 17.6. The number of fused-ring (bicyclic) bond motifs is 4. The second-order valence-electron chi connectivity index (χ2n) is 13.1. The molecule has 0 aromatic heterocycles. The van der Waals surface area contributed by atoms with Gasteiger partial charge in [-0.15, -0.1) is 0 Å². The highest BCUT2D eigenvalue weighted by molar-refractivity contribution is 7.74. The zero-order valence-electron chi connectivity index (χ0n) is 22.0. The largest absolute Gasteiger partial charge is 0.0677 e. The molecule has 178 valence electrons. The molecule has 0 spiro atoms. The first-order chi connectivity index (χ1) is 15.2. The van der Waals surface area contributed by atoms with E-state index in [2.05, 4.69) is 79.7 Å². The number of hydrogen-bond acceptors (Lipinski definition) is 0. The summed E-state index contributed by atoms with van der Waals surface area (Å²) in [6.45, 7) is 20.1. The van der Waals surface area contributed by atoms with Crippen LogP contribution in [0.25, 0.3) is 0 Å². The zero-order chi connectivity index (χ0) is 22.9. The van der Waals surface area contributed by atoms with Gasteiger partial charge in [0.15, 0.2) is 0 Å². The summed E-state index contributed by atoms with van der Waals surface area (Å²) in [6, 6.07) is 10.1. The van der Waals surface area contributed by atoms with Crippen LogP contribution >= 0.6 is 15.8 Å². The van der Waals surface area contributed by atoms with Crippen LogP contribution in [0.2, 0.25) is 0 Å². The second-order valence-corrected chi connectivity index (χ2v) is 18.4. The third-order valence-electron chi connectivity index (χ3n) is 10.3. The van der Waals surface area contributed by atoms with E-state index in [9.17, 15) is 0 Å². The molecule has 4 saturated heterocycles. The lowest BCUT2D eigenvalue weighted by Crippen LogP contribution is -2.29. The molecule has 4 fully saturated rings. The molecule has 4 aliphatic rings. The summed E-state index contributed by atoms with van der Waals surface area (Å²) >= 11 is 0. The molecular formula is C30H48P2. The van der Waals surface area contributed by atoms with Crippen molar-refractivity contribution in [2.24, 2.45) is 47.3 Å². The Morgan fingerprint density at radius 1 is 0.500 bits per heavy atom. The van der Waals surface area contributed by atoms with Gasteiger partial charge in [0, 0.05) is 0 Å². The highest BCUT2D eigenvalue weighted by atomic mass is 31.1. The number of rotatable bonds is 6. The van der Waals surface area contributed by atoms with Crippen molar-refractivity contribution in [3.05, 3.63) is 24.3 Å². The van der Waals surface area contributed by atoms with Gasteiger partial charge in [-0.2, -0.15) is 0 Å². The summed E-state index contributed by atoms with van der Waals surface area (Å²) in [5.74, 6) is 7.36. The van der Waals surface area contributed by atoms with E-state index in [-0.39, 0.29) is 15.8 Å². The van der Waals surface area contributed by atoms with E-state index in [0.29, 0.717) is 0 Å². The Kier molecular flexibility index (Phi) is 6.65. The molecule has 0 radical (unpaired) electrons. The maximum absolute atomic E-state index is 2.64. The molecule has 1 aromatic carbocycles. The van der Waals surface area contributed by atoms with E-state index in [0.717, 1.165) is 70.0 Å². The van der Waals surface area contributed by atoms with Gasteiger partial charge in [-0.3, -0.25) is 0 Å². The highest BCUT2D eigenvalue weighted by Crippen LogP contribution is 2.73. The van der Waals surface area contributed by atoms with Crippen LogP contribution in [0.3, 0.4) is 0 Å². The quantitative estimate of drug-likeness (QED) is 0.369. The monoisotopic (exact) mass is 470 g/mol. The van der Waals surface area contributed by atoms with Crippen molar-refractivity contribution in [3.8, 4) is 0 Å². The van der Waals surface area contributed by atoms with Crippen molar-refractivity contribution in [1.29, 1.82) is 0 Å². The van der Waals surface area contributed by atoms with Gasteiger partial charge in [0.05, 0.1) is 0 Å². The summed E-state index contributed by atoms with van der Waals surface area (Å²) in [5, 5.41) is 3.80. The Hall–Kier alpha value is 0.0800. The Morgan fingerprint density at radius 3 is 0.969 bits per heavy atom. The van der Waals surface area contributed by atoms with E-state index >= 15 is 0 Å². The van der Waals surface area contributed by atoms with Crippen LogP contribution in [-0.2, 0) is 0 Å². The van der Waals surface area contributed by atoms with E-state index in [1.54, 1.807) is 0 Å². The predicted molar refractivity (Wildman–Crippen MR) is 146 cm³/mol. The molecule has 4 bridgehead atoms. The van der Waals surface area contributed by atoms with Crippen LogP contribution in [0, 0.1) is 47.3 Å². The zero-order valence-corrected chi connectivity index (χ0v) is 23.7. The van der Waals surface area contributed by atoms with Crippen LogP contribution in [0.4, 0.5) is 0 Å². The van der Waals surface area contributed by atoms with Crippen molar-refractivity contribution < 1.29 is 0 Å². The first-order valence-corrected chi connectivity index (χ1v) is 16.8. The Morgan fingerprint density at radius 2 is 0.750 bits per heavy atom. The molecule has 4 aliphatic heterocycles. The summed E-state index contributed by atoms with van der Waals surface area (Å²) < 4.78 is 0. The predicted octanol–water partition coefficient (Wildman–Crippen LogP) is 8.08. The smallest absolute Gasteiger partial charge is 0.0132 e. The van der Waals surface area contributed by atoms with Crippen molar-refractivity contribution in [1.82, 2.24) is 0 Å². The van der Waals surface area contributed by atoms with Crippen molar-refractivity contribution in [2.75, 3.05) is 0 Å². The maximum Gasteiger partial charge on any atom is -0.0132 e. The summed E-state index contributed by atoms with van der Waals surface area (Å²) in [6.07, 6.45) is 6.11. The molecule has 0 amide bonds. The molecule has 2 heteroatoms. The van der Waals surface area contributed by atoms with E-state index in [4.69, 9.17) is 0 Å². The Balaban J connectivity index is 1.54. The summed E-state index contributed by atoms with van der Waals surface area (Å²) in [7, 11) is 0.0294. The molecule has 0 aliphatic carbocycles. The molecular weight excluding hydrogens is 422 g/mol. The fourth-order valence-electron chi connectivity index (χ4n) is 8.70. The van der Waals surface area contributed by atoms with Crippen LogP contribution < -0.4 is 10.6 Å². The fraction of sp³-hybridized carbons (Fsp3) is 0.800. The van der Waals surface area contributed by atoms with Gasteiger partial charge in [-0.05, 0) is 106 Å². The number of benzene rings is 1. The molecule has 0 N–H and O–H groups in total. The molecule has 1 aromatic rings. The molecule has 4 heterocycles. The average Bonchev–Trinajstić information content (AvgIpc) is 3.49. The molecule has 5 unspecified atom stereocenters. The van der Waals surface area contributed by atoms with Crippen molar-refractivity contribution in [3.63, 3.8) is 0 Å². The van der Waals surface area contributed by atoms with Gasteiger partial charge in [0.25, 0.3) is 0 Å². The second kappa shape index (κ2) is 8.94. The lowest BCUT2D eigenvalue weighted by atomic mass is 9.73. The van der Waals surface area contributed by atoms with E-state index in [1.165, 1.54) is 25.7 Å². The average molecular weight is 471 g/mol. The minimum Gasteiger partial charge on any atom is -0.0677 e. The first kappa shape index (κ1) is 23.8. The lowest BCUT2D eigenvalue weighted by Gasteiger charge is -2.31. The SMILES string of the molecule is CC(C)[C@H]1CC2[C@H](C(C)C)CC1P2c1ccccc1P1C2C[C@@H](C(C)C)C1C[C@H]2C(C)C. The molecule has 0 nitrogen and oxygen atoms in total. The van der Waals surface area contributed by atoms with Gasteiger partial charge < -0.3 is 0 Å². The normalized spacial score (nSPS) is 43.0. The van der Waals surface area contributed by atoms with Crippen LogP contribution in [-0.4, -0.2) is 22.6 Å². The lowest BCUT2D eigenvalue weighted by molar-refractivity contribution is 0.232. The van der Waals surface area contributed by atoms with Gasteiger partial charge in [0.1, 0.15) is 0 Å². The molecule has 32 heavy (non-hydrogen) atoms. The van der Waals surface area contributed by atoms with Crippen molar-refractivity contribution in [2.45, 2.75) is 104 Å². The summed E-state index contributed by atoms with van der Waals surface area (Å²) in [5.41, 5.74) is 4.00. The van der Waals surface area contributed by atoms with Gasteiger partial charge in [-0.25, -0.2) is 0 Å². The first-order valence-electron chi connectivity index (χ1n) is 13.9. The molecule has 0 saturated carbocycles. The fourth-order valence-corrected chi connectivity index (χ4v) is 18.4. The minimum absolute atomic E-state index is 0.0147. The van der Waals surface area contributed by atoms with E-state index < -0.39 is 0 Å². The van der Waals surface area contributed by atoms with Crippen LogP contribution in [0.15, 0.2) is 24.3 Å². The van der Waals surface area contributed by atoms with Crippen LogP contribution in [0.5, 0.6) is 0 Å². The Labute approximate surface area is 201 Å². The molecule has 5 rings (SSSR count). The Bertz CT molecular complexity index is 700. The number of hydrogen-bond donors (Lipinski definition) is 0. The van der Waals surface area contributed by atoms with Crippen molar-refractivity contribution >= 4 is 26.5 Å². The molecule has 9 atom stereocenters. The summed E-state index contributed by atoms with van der Waals surface area (Å²) in [4.78, 5) is 0. The maximum atomic E-state index is 2.64.